The van der Waals surface area contributed by atoms with Gasteiger partial charge in [0.2, 0.25) is 0 Å². The summed E-state index contributed by atoms with van der Waals surface area (Å²) in [5.41, 5.74) is 2.69. The number of ether oxygens (including phenoxy) is 3. The first-order valence-corrected chi connectivity index (χ1v) is 11.8. The first kappa shape index (κ1) is 23.1. The van der Waals surface area contributed by atoms with Crippen LogP contribution in [0.4, 0.5) is 0 Å². The molecule has 0 aromatic heterocycles. The molecule has 2 heterocycles. The van der Waals surface area contributed by atoms with E-state index in [1.807, 2.05) is 6.07 Å². The minimum atomic E-state index is -0.539. The van der Waals surface area contributed by atoms with Crippen LogP contribution in [0.2, 0.25) is 0 Å². The third kappa shape index (κ3) is 6.45. The topological polar surface area (TPSA) is 54.4 Å². The van der Waals surface area contributed by atoms with E-state index in [0.29, 0.717) is 18.2 Å². The zero-order valence-electron chi connectivity index (χ0n) is 19.1. The molecule has 0 aliphatic carbocycles. The van der Waals surface area contributed by atoms with E-state index in [4.69, 9.17) is 14.2 Å². The molecule has 1 unspecified atom stereocenters. The maximum atomic E-state index is 10.3. The molecule has 0 radical (unpaired) electrons. The second-order valence-corrected chi connectivity index (χ2v) is 8.82. The fourth-order valence-corrected chi connectivity index (χ4v) is 4.66. The molecule has 2 aromatic rings. The summed E-state index contributed by atoms with van der Waals surface area (Å²) in [6.07, 6.45) is 1.86. The molecule has 4 rings (SSSR count). The number of piperidine rings is 1. The van der Waals surface area contributed by atoms with Gasteiger partial charge in [-0.05, 0) is 55.1 Å². The number of β-amino-alcohol motifs (C(OH)–C–C–N with tert-alkyl or cyclic N) is 1. The van der Waals surface area contributed by atoms with Crippen LogP contribution in [0.25, 0.3) is 0 Å². The van der Waals surface area contributed by atoms with Crippen molar-refractivity contribution in [3.63, 3.8) is 0 Å². The number of hydrogen-bond acceptors (Lipinski definition) is 6. The molecule has 6 nitrogen and oxygen atoms in total. The highest BCUT2D eigenvalue weighted by Crippen LogP contribution is 2.31. The third-order valence-electron chi connectivity index (χ3n) is 6.50. The predicted octanol–water partition coefficient (Wildman–Crippen LogP) is 3.15. The van der Waals surface area contributed by atoms with Crippen LogP contribution in [0.1, 0.15) is 29.9 Å². The van der Waals surface area contributed by atoms with Crippen LogP contribution in [0.3, 0.4) is 0 Å². The Hall–Kier alpha value is -2.12. The van der Waals surface area contributed by atoms with E-state index in [0.717, 1.165) is 51.7 Å². The normalized spacial score (nSPS) is 19.6. The highest BCUT2D eigenvalue weighted by atomic mass is 16.5. The summed E-state index contributed by atoms with van der Waals surface area (Å²) in [5.74, 6) is 2.07. The second kappa shape index (κ2) is 11.7. The van der Waals surface area contributed by atoms with Gasteiger partial charge in [-0.25, -0.2) is 0 Å². The molecule has 0 amide bonds. The Labute approximate surface area is 191 Å². The van der Waals surface area contributed by atoms with Gasteiger partial charge in [-0.2, -0.15) is 0 Å². The monoisotopic (exact) mass is 440 g/mol. The Morgan fingerprint density at radius 3 is 2.44 bits per heavy atom. The zero-order valence-corrected chi connectivity index (χ0v) is 19.1. The van der Waals surface area contributed by atoms with Crippen molar-refractivity contribution < 1.29 is 19.3 Å². The molecule has 174 valence electrons. The summed E-state index contributed by atoms with van der Waals surface area (Å²) in [6, 6.07) is 17.0. The number of morpholine rings is 1. The fraction of sp³-hybridized carbons (Fsp3) is 0.538. The third-order valence-corrected chi connectivity index (χ3v) is 6.50. The van der Waals surface area contributed by atoms with Gasteiger partial charge in [0.25, 0.3) is 0 Å². The van der Waals surface area contributed by atoms with Crippen LogP contribution in [-0.2, 0) is 11.3 Å². The van der Waals surface area contributed by atoms with E-state index < -0.39 is 6.10 Å². The number of aliphatic hydroxyl groups is 1. The highest BCUT2D eigenvalue weighted by molar-refractivity contribution is 5.43. The Balaban J connectivity index is 1.26. The van der Waals surface area contributed by atoms with Gasteiger partial charge in [0.1, 0.15) is 12.7 Å². The van der Waals surface area contributed by atoms with E-state index >= 15 is 0 Å². The lowest BCUT2D eigenvalue weighted by Crippen LogP contribution is -2.42. The van der Waals surface area contributed by atoms with E-state index in [9.17, 15) is 5.11 Å². The fourth-order valence-electron chi connectivity index (χ4n) is 4.66. The smallest absolute Gasteiger partial charge is 0.161 e. The molecule has 0 bridgehead atoms. The van der Waals surface area contributed by atoms with Gasteiger partial charge < -0.3 is 19.3 Å². The van der Waals surface area contributed by atoms with Gasteiger partial charge in [0.05, 0.1) is 20.3 Å². The van der Waals surface area contributed by atoms with Crippen molar-refractivity contribution in [3.8, 4) is 11.5 Å². The maximum Gasteiger partial charge on any atom is 0.161 e. The van der Waals surface area contributed by atoms with Gasteiger partial charge >= 0.3 is 0 Å². The number of rotatable bonds is 9. The molecular weight excluding hydrogens is 404 g/mol. The van der Waals surface area contributed by atoms with Gasteiger partial charge in [0.15, 0.2) is 11.5 Å². The number of nitrogens with zero attached hydrogens (tertiary/aromatic N) is 2. The van der Waals surface area contributed by atoms with E-state index in [2.05, 4.69) is 52.3 Å². The lowest BCUT2D eigenvalue weighted by atomic mass is 9.89. The Morgan fingerprint density at radius 1 is 0.969 bits per heavy atom. The van der Waals surface area contributed by atoms with Gasteiger partial charge in [-0.3, -0.25) is 9.80 Å². The van der Waals surface area contributed by atoms with Crippen molar-refractivity contribution in [1.82, 2.24) is 9.80 Å². The summed E-state index contributed by atoms with van der Waals surface area (Å²) < 4.78 is 16.8. The number of likely N-dealkylation sites (tertiary alicyclic amines) is 1. The molecule has 2 saturated heterocycles. The van der Waals surface area contributed by atoms with Gasteiger partial charge in [-0.1, -0.05) is 36.4 Å². The Bertz CT molecular complexity index is 818. The van der Waals surface area contributed by atoms with Crippen molar-refractivity contribution in [2.45, 2.75) is 31.4 Å². The summed E-state index contributed by atoms with van der Waals surface area (Å²) in [4.78, 5) is 4.72. The molecular formula is C26H36N2O4. The molecule has 2 aliphatic heterocycles. The molecule has 1 atom stereocenters. The molecule has 0 saturated carbocycles. The minimum absolute atomic E-state index is 0.250. The average molecular weight is 441 g/mol. The van der Waals surface area contributed by atoms with Gasteiger partial charge in [-0.15, -0.1) is 0 Å². The maximum absolute atomic E-state index is 10.3. The van der Waals surface area contributed by atoms with Crippen LogP contribution in [0.15, 0.2) is 48.5 Å². The molecule has 2 aromatic carbocycles. The predicted molar refractivity (Wildman–Crippen MR) is 125 cm³/mol. The standard InChI is InChI=1S/C26H36N2O4/c1-30-26-17-21(18-27-11-9-23(10-12-27)22-5-3-2-4-6-22)7-8-25(26)32-20-24(29)19-28-13-15-31-16-14-28/h2-8,17,23-24,29H,9-16,18-20H2,1H3. The first-order valence-electron chi connectivity index (χ1n) is 11.8. The van der Waals surface area contributed by atoms with Crippen molar-refractivity contribution >= 4 is 0 Å². The highest BCUT2D eigenvalue weighted by Gasteiger charge is 2.21. The summed E-state index contributed by atoms with van der Waals surface area (Å²) in [7, 11) is 1.67. The van der Waals surface area contributed by atoms with Crippen molar-refractivity contribution in [1.29, 1.82) is 0 Å². The largest absolute Gasteiger partial charge is 0.493 e. The lowest BCUT2D eigenvalue weighted by molar-refractivity contribution is 0.00445. The van der Waals surface area contributed by atoms with E-state index in [-0.39, 0.29) is 6.61 Å². The number of aliphatic hydroxyl groups excluding tert-OH is 1. The van der Waals surface area contributed by atoms with Crippen molar-refractivity contribution in [3.05, 3.63) is 59.7 Å². The quantitative estimate of drug-likeness (QED) is 0.647. The molecule has 2 fully saturated rings. The van der Waals surface area contributed by atoms with E-state index in [1.54, 1.807) is 7.11 Å². The van der Waals surface area contributed by atoms with Crippen LogP contribution < -0.4 is 9.47 Å². The number of benzene rings is 2. The summed E-state index contributed by atoms with van der Waals surface area (Å²) in [5, 5.41) is 10.3. The Morgan fingerprint density at radius 2 is 1.72 bits per heavy atom. The average Bonchev–Trinajstić information content (AvgIpc) is 2.85. The first-order chi connectivity index (χ1) is 15.7. The van der Waals surface area contributed by atoms with E-state index in [1.165, 1.54) is 24.0 Å². The summed E-state index contributed by atoms with van der Waals surface area (Å²) >= 11 is 0. The molecule has 6 heteroatoms. The van der Waals surface area contributed by atoms with Crippen LogP contribution in [-0.4, -0.2) is 80.7 Å². The molecule has 32 heavy (non-hydrogen) atoms. The SMILES string of the molecule is COc1cc(CN2CCC(c3ccccc3)CC2)ccc1OCC(O)CN1CCOCC1. The van der Waals surface area contributed by atoms with Crippen LogP contribution >= 0.6 is 0 Å². The van der Waals surface area contributed by atoms with Crippen molar-refractivity contribution in [2.24, 2.45) is 0 Å². The molecule has 0 spiro atoms. The lowest BCUT2D eigenvalue weighted by Gasteiger charge is -2.32. The summed E-state index contributed by atoms with van der Waals surface area (Å²) in [6.45, 7) is 7.15. The molecule has 1 N–H and O–H groups in total. The number of hydrogen-bond donors (Lipinski definition) is 1. The van der Waals surface area contributed by atoms with Crippen molar-refractivity contribution in [2.75, 3.05) is 59.7 Å². The van der Waals surface area contributed by atoms with Crippen LogP contribution in [0, 0.1) is 0 Å². The molecule has 2 aliphatic rings. The second-order valence-electron chi connectivity index (χ2n) is 8.82. The minimum Gasteiger partial charge on any atom is -0.493 e. The zero-order chi connectivity index (χ0) is 22.2. The number of methoxy groups -OCH3 is 1. The Kier molecular flexibility index (Phi) is 8.40. The van der Waals surface area contributed by atoms with Crippen LogP contribution in [0.5, 0.6) is 11.5 Å². The van der Waals surface area contributed by atoms with Gasteiger partial charge in [0, 0.05) is 26.2 Å².